The lowest BCUT2D eigenvalue weighted by Crippen LogP contribution is -2.04. The molecule has 0 saturated heterocycles. The fourth-order valence-corrected chi connectivity index (χ4v) is 1.87. The van der Waals surface area contributed by atoms with Gasteiger partial charge >= 0.3 is 0 Å². The van der Waals surface area contributed by atoms with Crippen LogP contribution >= 0.6 is 22.6 Å². The van der Waals surface area contributed by atoms with Crippen LogP contribution in [0.25, 0.3) is 5.69 Å². The summed E-state index contributed by atoms with van der Waals surface area (Å²) < 4.78 is 2.96. The average Bonchev–Trinajstić information content (AvgIpc) is 2.65. The van der Waals surface area contributed by atoms with Gasteiger partial charge in [0.25, 0.3) is 0 Å². The number of hydrogen-bond acceptors (Lipinski definition) is 3. The van der Waals surface area contributed by atoms with Crippen molar-refractivity contribution >= 4 is 22.6 Å². The number of tetrazole rings is 1. The molecule has 78 valence electrons. The highest BCUT2D eigenvalue weighted by atomic mass is 127. The number of nitrogens with zero attached hydrogens (tertiary/aromatic N) is 4. The third-order valence-corrected chi connectivity index (χ3v) is 2.73. The summed E-state index contributed by atoms with van der Waals surface area (Å²) in [7, 11) is 0. The maximum atomic E-state index is 4.02. The normalized spacial score (nSPS) is 10.9. The molecule has 0 bridgehead atoms. The third-order valence-electron chi connectivity index (χ3n) is 2.06. The summed E-state index contributed by atoms with van der Waals surface area (Å²) in [6.45, 7) is 4.16. The summed E-state index contributed by atoms with van der Waals surface area (Å²) in [5, 5.41) is 11.7. The van der Waals surface area contributed by atoms with Crippen LogP contribution in [0.4, 0.5) is 0 Å². The molecule has 2 aromatic rings. The summed E-state index contributed by atoms with van der Waals surface area (Å²) in [6, 6.07) is 8.11. The van der Waals surface area contributed by atoms with Crippen molar-refractivity contribution in [1.82, 2.24) is 20.2 Å². The summed E-state index contributed by atoms with van der Waals surface area (Å²) >= 11 is 2.28. The summed E-state index contributed by atoms with van der Waals surface area (Å²) in [5.41, 5.74) is 1.01. The van der Waals surface area contributed by atoms with Gasteiger partial charge in [-0.1, -0.05) is 19.9 Å². The van der Waals surface area contributed by atoms with Crippen LogP contribution in [0, 0.1) is 3.57 Å². The van der Waals surface area contributed by atoms with E-state index in [0.717, 1.165) is 11.5 Å². The second-order valence-electron chi connectivity index (χ2n) is 3.58. The second-order valence-corrected chi connectivity index (χ2v) is 4.83. The first-order valence-electron chi connectivity index (χ1n) is 4.72. The van der Waals surface area contributed by atoms with Gasteiger partial charge in [-0.15, -0.1) is 5.10 Å². The van der Waals surface area contributed by atoms with Gasteiger partial charge in [0, 0.05) is 9.49 Å². The Balaban J connectivity index is 2.49. The van der Waals surface area contributed by atoms with Crippen molar-refractivity contribution in [3.8, 4) is 5.69 Å². The summed E-state index contributed by atoms with van der Waals surface area (Å²) in [6.07, 6.45) is 0. The predicted octanol–water partition coefficient (Wildman–Crippen LogP) is 2.39. The molecule has 4 nitrogen and oxygen atoms in total. The molecular weight excluding hydrogens is 303 g/mol. The van der Waals surface area contributed by atoms with E-state index in [-0.39, 0.29) is 0 Å². The van der Waals surface area contributed by atoms with Crippen molar-refractivity contribution in [2.75, 3.05) is 0 Å². The van der Waals surface area contributed by atoms with E-state index in [1.807, 2.05) is 18.2 Å². The van der Waals surface area contributed by atoms with Crippen LogP contribution in [0.2, 0.25) is 0 Å². The third kappa shape index (κ3) is 2.17. The smallest absolute Gasteiger partial charge is 0.159 e. The first-order valence-corrected chi connectivity index (χ1v) is 5.80. The van der Waals surface area contributed by atoms with Crippen molar-refractivity contribution in [3.05, 3.63) is 33.7 Å². The zero-order valence-corrected chi connectivity index (χ0v) is 10.7. The van der Waals surface area contributed by atoms with Crippen LogP contribution in [0.1, 0.15) is 25.6 Å². The lowest BCUT2D eigenvalue weighted by Gasteiger charge is -2.06. The largest absolute Gasteiger partial charge is 0.197 e. The number of benzene rings is 1. The molecule has 0 fully saturated rings. The molecule has 0 radical (unpaired) electrons. The zero-order valence-electron chi connectivity index (χ0n) is 8.55. The van der Waals surface area contributed by atoms with E-state index in [2.05, 4.69) is 58.0 Å². The lowest BCUT2D eigenvalue weighted by atomic mass is 10.2. The minimum Gasteiger partial charge on any atom is -0.197 e. The molecular formula is C10H11IN4. The predicted molar refractivity (Wildman–Crippen MR) is 66.0 cm³/mol. The molecule has 1 aromatic heterocycles. The van der Waals surface area contributed by atoms with E-state index < -0.39 is 0 Å². The fourth-order valence-electron chi connectivity index (χ4n) is 1.35. The number of halogens is 1. The van der Waals surface area contributed by atoms with E-state index in [1.165, 1.54) is 3.57 Å². The first-order chi connectivity index (χ1) is 7.18. The van der Waals surface area contributed by atoms with Gasteiger partial charge in [0.05, 0.1) is 5.69 Å². The van der Waals surface area contributed by atoms with Crippen molar-refractivity contribution in [3.63, 3.8) is 0 Å². The molecule has 1 aromatic carbocycles. The van der Waals surface area contributed by atoms with Gasteiger partial charge < -0.3 is 0 Å². The van der Waals surface area contributed by atoms with Crippen molar-refractivity contribution in [1.29, 1.82) is 0 Å². The Bertz CT molecular complexity index is 464. The molecule has 0 saturated carbocycles. The Morgan fingerprint density at radius 2 is 2.13 bits per heavy atom. The molecule has 0 amide bonds. The Labute approximate surface area is 102 Å². The maximum Gasteiger partial charge on any atom is 0.159 e. The molecule has 0 aliphatic heterocycles. The molecule has 0 atom stereocenters. The summed E-state index contributed by atoms with van der Waals surface area (Å²) in [5.74, 6) is 1.20. The van der Waals surface area contributed by atoms with E-state index in [9.17, 15) is 0 Å². The molecule has 1 heterocycles. The highest BCUT2D eigenvalue weighted by Gasteiger charge is 2.11. The Morgan fingerprint density at radius 1 is 1.33 bits per heavy atom. The van der Waals surface area contributed by atoms with Gasteiger partial charge in [-0.25, -0.2) is 0 Å². The van der Waals surface area contributed by atoms with E-state index in [4.69, 9.17) is 0 Å². The first kappa shape index (κ1) is 10.5. The number of hydrogen-bond donors (Lipinski definition) is 0. The van der Waals surface area contributed by atoms with Gasteiger partial charge in [0.2, 0.25) is 0 Å². The van der Waals surface area contributed by atoms with E-state index >= 15 is 0 Å². The molecule has 0 aliphatic rings. The van der Waals surface area contributed by atoms with Crippen LogP contribution in [0.3, 0.4) is 0 Å². The minimum absolute atomic E-state index is 0.317. The van der Waals surface area contributed by atoms with Crippen molar-refractivity contribution in [2.24, 2.45) is 0 Å². The lowest BCUT2D eigenvalue weighted by molar-refractivity contribution is 0.710. The topological polar surface area (TPSA) is 43.6 Å². The second kappa shape index (κ2) is 4.26. The van der Waals surface area contributed by atoms with Crippen LogP contribution in [-0.4, -0.2) is 20.2 Å². The molecule has 15 heavy (non-hydrogen) atoms. The molecule has 5 heteroatoms. The van der Waals surface area contributed by atoms with Gasteiger partial charge in [-0.2, -0.15) is 4.68 Å². The van der Waals surface area contributed by atoms with Crippen LogP contribution in [-0.2, 0) is 0 Å². The summed E-state index contributed by atoms with van der Waals surface area (Å²) in [4.78, 5) is 0. The van der Waals surface area contributed by atoms with Crippen LogP contribution in [0.15, 0.2) is 24.3 Å². The SMILES string of the molecule is CC(C)c1nnnn1-c1cccc(I)c1. The highest BCUT2D eigenvalue weighted by Crippen LogP contribution is 2.16. The zero-order chi connectivity index (χ0) is 10.8. The van der Waals surface area contributed by atoms with Crippen molar-refractivity contribution < 1.29 is 0 Å². The van der Waals surface area contributed by atoms with E-state index in [1.54, 1.807) is 4.68 Å². The average molecular weight is 314 g/mol. The molecule has 0 unspecified atom stereocenters. The van der Waals surface area contributed by atoms with Crippen LogP contribution in [0.5, 0.6) is 0 Å². The Kier molecular flexibility index (Phi) is 2.99. The van der Waals surface area contributed by atoms with Gasteiger partial charge in [0.1, 0.15) is 0 Å². The maximum absolute atomic E-state index is 4.02. The quantitative estimate of drug-likeness (QED) is 0.800. The molecule has 0 spiro atoms. The van der Waals surface area contributed by atoms with Gasteiger partial charge in [0.15, 0.2) is 5.82 Å². The van der Waals surface area contributed by atoms with Gasteiger partial charge in [-0.3, -0.25) is 0 Å². The monoisotopic (exact) mass is 314 g/mol. The Hall–Kier alpha value is -0.980. The van der Waals surface area contributed by atoms with Crippen LogP contribution < -0.4 is 0 Å². The molecule has 2 rings (SSSR count). The van der Waals surface area contributed by atoms with Crippen molar-refractivity contribution in [2.45, 2.75) is 19.8 Å². The fraction of sp³-hybridized carbons (Fsp3) is 0.300. The Morgan fingerprint density at radius 3 is 2.80 bits per heavy atom. The minimum atomic E-state index is 0.317. The standard InChI is InChI=1S/C10H11IN4/c1-7(2)10-12-13-14-15(10)9-5-3-4-8(11)6-9/h3-7H,1-2H3. The molecule has 0 N–H and O–H groups in total. The van der Waals surface area contributed by atoms with Gasteiger partial charge in [-0.05, 0) is 51.2 Å². The number of aromatic nitrogens is 4. The molecule has 0 aliphatic carbocycles. The number of rotatable bonds is 2. The van der Waals surface area contributed by atoms with E-state index in [0.29, 0.717) is 5.92 Å². The highest BCUT2D eigenvalue weighted by molar-refractivity contribution is 14.1.